The van der Waals surface area contributed by atoms with E-state index in [1.165, 1.54) is 17.7 Å². The highest BCUT2D eigenvalue weighted by Crippen LogP contribution is 2.70. The molecule has 6 rings (SSSR count). The van der Waals surface area contributed by atoms with E-state index in [1.807, 2.05) is 17.0 Å². The number of rotatable bonds is 3. The Labute approximate surface area is 171 Å². The minimum absolute atomic E-state index is 0.00269. The van der Waals surface area contributed by atoms with Gasteiger partial charge in [-0.25, -0.2) is 9.18 Å². The Morgan fingerprint density at radius 2 is 1.79 bits per heavy atom. The molecule has 1 aliphatic heterocycles. The molecule has 29 heavy (non-hydrogen) atoms. The number of fused-ring (bicyclic) bond motifs is 1. The van der Waals surface area contributed by atoms with Crippen molar-refractivity contribution in [2.24, 2.45) is 11.1 Å². The second-order valence-corrected chi connectivity index (χ2v) is 9.82. The third kappa shape index (κ3) is 2.78. The summed E-state index contributed by atoms with van der Waals surface area (Å²) in [5.74, 6) is -0.269. The van der Waals surface area contributed by atoms with Gasteiger partial charge in [-0.1, -0.05) is 36.4 Å². The number of nitrogens with one attached hydrogen (secondary N) is 1. The van der Waals surface area contributed by atoms with Crippen molar-refractivity contribution in [2.75, 3.05) is 6.54 Å². The maximum Gasteiger partial charge on any atom is 0.318 e. The molecule has 2 amide bonds. The normalized spacial score (nSPS) is 30.1. The van der Waals surface area contributed by atoms with E-state index in [4.69, 9.17) is 5.73 Å². The number of carbonyl (C=O) groups excluding carboxylic acids is 1. The van der Waals surface area contributed by atoms with Crippen molar-refractivity contribution < 1.29 is 9.18 Å². The van der Waals surface area contributed by atoms with Crippen LogP contribution in [0.2, 0.25) is 0 Å². The zero-order chi connectivity index (χ0) is 20.4. The lowest BCUT2D eigenvalue weighted by atomic mass is 9.34. The molecule has 2 aromatic rings. The molecule has 1 heterocycles. The van der Waals surface area contributed by atoms with Gasteiger partial charge in [-0.05, 0) is 73.8 Å². The number of hydrogen-bond acceptors (Lipinski definition) is 2. The van der Waals surface area contributed by atoms with Crippen molar-refractivity contribution in [3.05, 3.63) is 71.0 Å². The minimum Gasteiger partial charge on any atom is -0.333 e. The standard InChI is InChI=1S/C24H28FN3O/c1-22(2,23-13-24(26,14-23)15-23)27-21(29)28-12-11-16-5-3-4-6-19(16)20(28)17-7-9-18(25)10-8-17/h3-10,20H,11-15,26H2,1-2H3,(H,27,29)/t20-,23?,24?/m0/s1. The average molecular weight is 394 g/mol. The topological polar surface area (TPSA) is 58.4 Å². The van der Waals surface area contributed by atoms with Gasteiger partial charge in [0.15, 0.2) is 0 Å². The highest BCUT2D eigenvalue weighted by molar-refractivity contribution is 5.77. The maximum absolute atomic E-state index is 13.5. The van der Waals surface area contributed by atoms with E-state index in [-0.39, 0.29) is 34.4 Å². The molecule has 3 fully saturated rings. The Balaban J connectivity index is 1.45. The van der Waals surface area contributed by atoms with E-state index in [2.05, 4.69) is 31.3 Å². The van der Waals surface area contributed by atoms with Gasteiger partial charge in [0.1, 0.15) is 5.82 Å². The number of nitrogens with two attached hydrogens (primary N) is 1. The molecule has 3 N–H and O–H groups in total. The van der Waals surface area contributed by atoms with Crippen LogP contribution in [0.1, 0.15) is 55.8 Å². The maximum atomic E-state index is 13.5. The Morgan fingerprint density at radius 3 is 2.45 bits per heavy atom. The summed E-state index contributed by atoms with van der Waals surface area (Å²) in [5.41, 5.74) is 9.36. The van der Waals surface area contributed by atoms with Gasteiger partial charge in [0, 0.05) is 17.6 Å². The molecule has 4 nitrogen and oxygen atoms in total. The van der Waals surface area contributed by atoms with Crippen LogP contribution in [0.3, 0.4) is 0 Å². The number of benzene rings is 2. The molecular weight excluding hydrogens is 365 g/mol. The van der Waals surface area contributed by atoms with Crippen molar-refractivity contribution in [3.63, 3.8) is 0 Å². The Morgan fingerprint density at radius 1 is 1.14 bits per heavy atom. The van der Waals surface area contributed by atoms with Gasteiger partial charge in [0.2, 0.25) is 0 Å². The molecule has 5 heteroatoms. The summed E-state index contributed by atoms with van der Waals surface area (Å²) in [7, 11) is 0. The van der Waals surface area contributed by atoms with E-state index in [0.717, 1.165) is 36.8 Å². The highest BCUT2D eigenvalue weighted by Gasteiger charge is 2.71. The molecule has 0 aromatic heterocycles. The predicted octanol–water partition coefficient (Wildman–Crippen LogP) is 4.14. The summed E-state index contributed by atoms with van der Waals surface area (Å²) in [5, 5.41) is 3.32. The summed E-state index contributed by atoms with van der Waals surface area (Å²) in [6, 6.07) is 14.5. The van der Waals surface area contributed by atoms with E-state index in [9.17, 15) is 9.18 Å². The molecule has 0 spiro atoms. The molecule has 3 aliphatic carbocycles. The van der Waals surface area contributed by atoms with E-state index < -0.39 is 0 Å². The fraction of sp³-hybridized carbons (Fsp3) is 0.458. The van der Waals surface area contributed by atoms with Crippen molar-refractivity contribution in [1.82, 2.24) is 10.2 Å². The fourth-order valence-electron chi connectivity index (χ4n) is 5.79. The molecule has 0 radical (unpaired) electrons. The molecule has 0 saturated heterocycles. The van der Waals surface area contributed by atoms with Crippen LogP contribution in [0.5, 0.6) is 0 Å². The summed E-state index contributed by atoms with van der Waals surface area (Å²) in [6.45, 7) is 4.87. The number of carbonyl (C=O) groups is 1. The zero-order valence-corrected chi connectivity index (χ0v) is 17.0. The number of halogens is 1. The van der Waals surface area contributed by atoms with Gasteiger partial charge in [-0.3, -0.25) is 0 Å². The van der Waals surface area contributed by atoms with Crippen LogP contribution in [0.15, 0.2) is 48.5 Å². The second kappa shape index (κ2) is 6.05. The monoisotopic (exact) mass is 393 g/mol. The number of urea groups is 1. The molecule has 2 aromatic carbocycles. The zero-order valence-electron chi connectivity index (χ0n) is 17.0. The molecule has 152 valence electrons. The largest absolute Gasteiger partial charge is 0.333 e. The van der Waals surface area contributed by atoms with E-state index in [0.29, 0.717) is 6.54 Å². The lowest BCUT2D eigenvalue weighted by Crippen LogP contribution is -2.81. The van der Waals surface area contributed by atoms with Crippen molar-refractivity contribution >= 4 is 6.03 Å². The number of hydrogen-bond donors (Lipinski definition) is 2. The fourth-order valence-corrected chi connectivity index (χ4v) is 5.79. The Kier molecular flexibility index (Phi) is 3.88. The lowest BCUT2D eigenvalue weighted by molar-refractivity contribution is -0.179. The van der Waals surface area contributed by atoms with Gasteiger partial charge < -0.3 is 16.0 Å². The van der Waals surface area contributed by atoms with Crippen molar-refractivity contribution in [1.29, 1.82) is 0 Å². The van der Waals surface area contributed by atoms with Crippen LogP contribution >= 0.6 is 0 Å². The number of nitrogens with zero attached hydrogens (tertiary/aromatic N) is 1. The van der Waals surface area contributed by atoms with Gasteiger partial charge in [0.25, 0.3) is 0 Å². The molecular formula is C24H28FN3O. The minimum atomic E-state index is -0.310. The van der Waals surface area contributed by atoms with Crippen LogP contribution in [-0.4, -0.2) is 28.6 Å². The van der Waals surface area contributed by atoms with Crippen LogP contribution in [0.4, 0.5) is 9.18 Å². The first-order chi connectivity index (χ1) is 13.7. The Bertz CT molecular complexity index is 949. The van der Waals surface area contributed by atoms with Crippen LogP contribution in [0, 0.1) is 11.2 Å². The van der Waals surface area contributed by atoms with Crippen LogP contribution < -0.4 is 11.1 Å². The third-order valence-corrected chi connectivity index (χ3v) is 7.55. The first kappa shape index (κ1) is 18.6. The quantitative estimate of drug-likeness (QED) is 0.823. The molecule has 4 aliphatic rings. The molecule has 0 unspecified atom stereocenters. The molecule has 2 bridgehead atoms. The van der Waals surface area contributed by atoms with Crippen LogP contribution in [-0.2, 0) is 6.42 Å². The van der Waals surface area contributed by atoms with Gasteiger partial charge >= 0.3 is 6.03 Å². The van der Waals surface area contributed by atoms with Crippen molar-refractivity contribution in [2.45, 2.75) is 56.7 Å². The first-order valence-corrected chi connectivity index (χ1v) is 10.4. The van der Waals surface area contributed by atoms with Gasteiger partial charge in [0.05, 0.1) is 6.04 Å². The summed E-state index contributed by atoms with van der Waals surface area (Å²) in [4.78, 5) is 15.4. The lowest BCUT2D eigenvalue weighted by Gasteiger charge is -2.74. The Hall–Kier alpha value is -2.40. The molecule has 1 atom stereocenters. The number of amides is 2. The first-order valence-electron chi connectivity index (χ1n) is 10.4. The second-order valence-electron chi connectivity index (χ2n) is 9.82. The average Bonchev–Trinajstić information content (AvgIpc) is 2.64. The third-order valence-electron chi connectivity index (χ3n) is 7.55. The van der Waals surface area contributed by atoms with Gasteiger partial charge in [-0.15, -0.1) is 0 Å². The summed E-state index contributed by atoms with van der Waals surface area (Å²) in [6.07, 6.45) is 3.77. The van der Waals surface area contributed by atoms with Crippen molar-refractivity contribution in [3.8, 4) is 0 Å². The molecule has 3 saturated carbocycles. The summed E-state index contributed by atoms with van der Waals surface area (Å²) < 4.78 is 13.5. The SMILES string of the molecule is CC(C)(NC(=O)N1CCc2ccccc2[C@@H]1c1ccc(F)cc1)C12CC(N)(C1)C2. The van der Waals surface area contributed by atoms with E-state index >= 15 is 0 Å². The van der Waals surface area contributed by atoms with Gasteiger partial charge in [-0.2, -0.15) is 0 Å². The highest BCUT2D eigenvalue weighted by atomic mass is 19.1. The smallest absolute Gasteiger partial charge is 0.318 e. The van der Waals surface area contributed by atoms with Crippen LogP contribution in [0.25, 0.3) is 0 Å². The predicted molar refractivity (Wildman–Crippen MR) is 111 cm³/mol. The van der Waals surface area contributed by atoms with E-state index in [1.54, 1.807) is 12.1 Å². The summed E-state index contributed by atoms with van der Waals surface area (Å²) >= 11 is 0.